The van der Waals surface area contributed by atoms with Gasteiger partial charge in [0.2, 0.25) is 0 Å². The van der Waals surface area contributed by atoms with Crippen LogP contribution in [0.4, 0.5) is 24.0 Å². The molecule has 3 fully saturated rings. The highest BCUT2D eigenvalue weighted by Crippen LogP contribution is 2.32. The molecule has 3 saturated heterocycles. The molecule has 4 rings (SSSR count). The lowest BCUT2D eigenvalue weighted by molar-refractivity contribution is -0.161. The van der Waals surface area contributed by atoms with Gasteiger partial charge in [-0.05, 0) is 213 Å². The topological polar surface area (TPSA) is 462 Å². The summed E-state index contributed by atoms with van der Waals surface area (Å²) in [6.07, 6.45) is -0.970. The number of hydrogen-bond donors (Lipinski definition) is 4. The van der Waals surface area contributed by atoms with Crippen molar-refractivity contribution in [2.24, 2.45) is 17.8 Å². The summed E-state index contributed by atoms with van der Waals surface area (Å²) in [5, 5.41) is 29.6. The minimum Gasteiger partial charge on any atom is -0.480 e. The van der Waals surface area contributed by atoms with Crippen LogP contribution in [0, 0.1) is 17.8 Å². The minimum absolute atomic E-state index is 0.0286. The third kappa shape index (κ3) is 46.1. The van der Waals surface area contributed by atoms with Gasteiger partial charge in [0.25, 0.3) is 0 Å². The summed E-state index contributed by atoms with van der Waals surface area (Å²) >= 11 is 0. The summed E-state index contributed by atoms with van der Waals surface area (Å²) < 4.78 is 65.6. The number of carboxylic acids is 1. The number of carbonyl (C=O) groups excluding carboxylic acids is 14. The SMILES string of the molecule is CC(=O)OC=O.CC(C)(C)OC(=O)N[C@@H](CCC(=O)CO)C(=O)OC(C)(C)C.CC(C)(C)OC(=O)[C@@H]1CC(CO)CN1C(=O)OC(C)(C)C.COC(=O)C1=CN(C(=O)OC(C)(C)C)[C@H](C(=O)OC(C)(C)C)C1.COC(=O)C1C[C@@H](C(=O)OC(C)(C)C)N(C(=O)OC(C)(C)C)C1.COC[C@H]1C[C@@H](C(=O)O)N(C(=O)OC(C)(C)C)C1. The second-order valence-electron chi connectivity index (χ2n) is 35.6. The minimum atomic E-state index is -1.01. The highest BCUT2D eigenvalue weighted by atomic mass is 16.6. The molecule has 5 amide bonds. The van der Waals surface area contributed by atoms with Crippen molar-refractivity contribution < 1.29 is 149 Å². The first kappa shape index (κ1) is 106. The Kier molecular flexibility index (Phi) is 42.5. The summed E-state index contributed by atoms with van der Waals surface area (Å²) in [4.78, 5) is 179. The van der Waals surface area contributed by atoms with Crippen molar-refractivity contribution in [1.82, 2.24) is 24.9 Å². The van der Waals surface area contributed by atoms with E-state index in [1.54, 1.807) is 194 Å². The van der Waals surface area contributed by atoms with Crippen molar-refractivity contribution in [2.45, 2.75) is 313 Å². The number of likely N-dealkylation sites (tertiary alicyclic amines) is 3. The second-order valence-corrected chi connectivity index (χ2v) is 35.6. The fourth-order valence-corrected chi connectivity index (χ4v) is 9.97. The fraction of sp³-hybridized carbons (Fsp3) is 0.779. The van der Waals surface area contributed by atoms with E-state index in [0.717, 1.165) is 11.8 Å². The number of rotatable bonds is 16. The maximum atomic E-state index is 12.4. The normalized spacial score (nSPS) is 19.2. The van der Waals surface area contributed by atoms with E-state index in [4.69, 9.17) is 62.3 Å². The van der Waals surface area contributed by atoms with Gasteiger partial charge in [-0.1, -0.05) is 0 Å². The standard InChI is InChI=1S/C16H27NO6.C16H25NO6.C15H27NO6.C15H27NO5.C12H21NO5.C3H4O3/c2*1-15(2,3)22-13(19)11-8-10(12(18)21-7)9-17(11)14(20)23-16(4,5)6;1-14(2,3)21-12(19)11(8-7-10(18)9-17)16-13(20)22-15(4,5)6;1-14(2,3)20-12(18)11-7-10(9-17)8-16(11)13(19)21-15(4,5)6;1-12(2,3)18-11(16)13-6-8(7-17-4)5-9(13)10(14)15;1-3(5)6-2-4/h10-11H,8-9H2,1-7H3;9,11H,8H2,1-7H3;11,17H,7-9H2,1-6H3,(H,16,20);10-11,17H,7-9H2,1-6H3;8-9H,5-7H2,1-4H3,(H,14,15);2H,1H3/t10?,11-;2*11-;10?,11-;8-,9-;/m00000./s1. The molecule has 0 spiro atoms. The zero-order chi connectivity index (χ0) is 88.9. The summed E-state index contributed by atoms with van der Waals surface area (Å²) in [5.74, 6) is -5.94. The number of Topliss-reactive ketones (excluding diaryl/α,β-unsaturated/α-hetero) is 1. The van der Waals surface area contributed by atoms with E-state index in [9.17, 15) is 77.0 Å². The van der Waals surface area contributed by atoms with Crippen LogP contribution in [0.2, 0.25) is 0 Å². The molecule has 4 N–H and O–H groups in total. The second kappa shape index (κ2) is 45.2. The van der Waals surface area contributed by atoms with Gasteiger partial charge in [-0.15, -0.1) is 0 Å². The molecule has 8 atom stereocenters. The number of esters is 7. The van der Waals surface area contributed by atoms with Crippen LogP contribution in [0.1, 0.15) is 232 Å². The van der Waals surface area contributed by atoms with Gasteiger partial charge < -0.3 is 82.2 Å². The summed E-state index contributed by atoms with van der Waals surface area (Å²) in [5.41, 5.74) is -5.88. The number of aliphatic hydroxyl groups excluding tert-OH is 2. The van der Waals surface area contributed by atoms with E-state index in [-0.39, 0.29) is 62.7 Å². The van der Waals surface area contributed by atoms with E-state index in [1.165, 1.54) is 35.1 Å². The predicted molar refractivity (Wildman–Crippen MR) is 405 cm³/mol. The first-order valence-electron chi connectivity index (χ1n) is 36.8. The van der Waals surface area contributed by atoms with Crippen LogP contribution in [-0.2, 0) is 110 Å². The molecule has 0 aromatic carbocycles. The number of aliphatic hydroxyl groups is 2. The fourth-order valence-electron chi connectivity index (χ4n) is 9.97. The van der Waals surface area contributed by atoms with Crippen molar-refractivity contribution in [1.29, 1.82) is 0 Å². The Morgan fingerprint density at radius 1 is 0.469 bits per heavy atom. The van der Waals surface area contributed by atoms with Gasteiger partial charge in [-0.25, -0.2) is 52.7 Å². The number of ketones is 1. The van der Waals surface area contributed by atoms with Gasteiger partial charge in [-0.2, -0.15) is 0 Å². The van der Waals surface area contributed by atoms with E-state index in [1.807, 2.05) is 0 Å². The first-order chi connectivity index (χ1) is 51.0. The van der Waals surface area contributed by atoms with E-state index in [2.05, 4.69) is 14.8 Å². The Bertz CT molecular complexity index is 3120. The average molecular weight is 1620 g/mol. The van der Waals surface area contributed by atoms with Gasteiger partial charge in [-0.3, -0.25) is 38.8 Å². The molecular formula is C77H131N5O31. The number of aliphatic carboxylic acids is 1. The quantitative estimate of drug-likeness (QED) is 0.0484. The molecular weight excluding hydrogens is 1490 g/mol. The number of methoxy groups -OCH3 is 3. The average Bonchev–Trinajstić information content (AvgIpc) is 1.74. The largest absolute Gasteiger partial charge is 0.480 e. The monoisotopic (exact) mass is 1620 g/mol. The number of nitrogens with one attached hydrogen (secondary N) is 1. The Labute approximate surface area is 665 Å². The molecule has 113 heavy (non-hydrogen) atoms. The van der Waals surface area contributed by atoms with Gasteiger partial charge in [0.15, 0.2) is 5.78 Å². The highest BCUT2D eigenvalue weighted by molar-refractivity contribution is 5.94. The molecule has 0 aliphatic carbocycles. The molecule has 4 aliphatic rings. The number of alkyl carbamates (subject to hydrolysis) is 1. The number of carbonyl (C=O) groups is 15. The van der Waals surface area contributed by atoms with Gasteiger partial charge >= 0.3 is 84.7 Å². The zero-order valence-electron chi connectivity index (χ0n) is 72.3. The smallest absolute Gasteiger partial charge is 0.415 e. The lowest BCUT2D eigenvalue weighted by Crippen LogP contribution is -2.46. The number of ether oxygens (including phenoxy) is 13. The van der Waals surface area contributed by atoms with E-state index < -0.39 is 177 Å². The predicted octanol–water partition coefficient (Wildman–Crippen LogP) is 9.08. The highest BCUT2D eigenvalue weighted by Gasteiger charge is 2.48. The Hall–Kier alpha value is -8.93. The third-order valence-corrected chi connectivity index (χ3v) is 14.1. The van der Waals surface area contributed by atoms with Crippen LogP contribution >= 0.6 is 0 Å². The van der Waals surface area contributed by atoms with Crippen molar-refractivity contribution in [2.75, 3.05) is 60.8 Å². The molecule has 4 aliphatic heterocycles. The molecule has 0 saturated carbocycles. The molecule has 650 valence electrons. The number of nitrogens with zero attached hydrogens (tertiary/aromatic N) is 4. The van der Waals surface area contributed by atoms with Crippen LogP contribution in [0.15, 0.2) is 11.8 Å². The molecule has 0 radical (unpaired) electrons. The van der Waals surface area contributed by atoms with Crippen LogP contribution in [0.5, 0.6) is 0 Å². The molecule has 36 heteroatoms. The third-order valence-electron chi connectivity index (χ3n) is 14.1. The maximum absolute atomic E-state index is 12.4. The van der Waals surface area contributed by atoms with Crippen molar-refractivity contribution >= 4 is 90.5 Å². The summed E-state index contributed by atoms with van der Waals surface area (Å²) in [6.45, 7) is 48.7. The molecule has 0 aromatic heterocycles. The Morgan fingerprint density at radius 3 is 1.19 bits per heavy atom. The zero-order valence-corrected chi connectivity index (χ0v) is 72.3. The Morgan fingerprint density at radius 2 is 0.841 bits per heavy atom. The molecule has 0 bridgehead atoms. The van der Waals surface area contributed by atoms with Crippen molar-refractivity contribution in [3.8, 4) is 0 Å². The van der Waals surface area contributed by atoms with Gasteiger partial charge in [0.1, 0.15) is 87.2 Å². The number of hydrogen-bond acceptors (Lipinski definition) is 30. The van der Waals surface area contributed by atoms with Crippen LogP contribution in [0.25, 0.3) is 0 Å². The van der Waals surface area contributed by atoms with E-state index >= 15 is 0 Å². The molecule has 0 aromatic rings. The van der Waals surface area contributed by atoms with Crippen LogP contribution in [0.3, 0.4) is 0 Å². The molecule has 36 nitrogen and oxygen atoms in total. The molecule has 4 heterocycles. The van der Waals surface area contributed by atoms with Crippen molar-refractivity contribution in [3.63, 3.8) is 0 Å². The maximum Gasteiger partial charge on any atom is 0.415 e. The van der Waals surface area contributed by atoms with Crippen LogP contribution in [-0.4, -0.2) is 267 Å². The Balaban J connectivity index is 0. The van der Waals surface area contributed by atoms with Crippen LogP contribution < -0.4 is 5.32 Å². The van der Waals surface area contributed by atoms with E-state index in [0.29, 0.717) is 32.5 Å². The summed E-state index contributed by atoms with van der Waals surface area (Å²) in [6, 6.07) is -4.33. The molecule has 2 unspecified atom stereocenters. The number of carboxylic acid groups (broad SMARTS) is 1. The number of amides is 5. The lowest BCUT2D eigenvalue weighted by Gasteiger charge is -2.29. The first-order valence-corrected chi connectivity index (χ1v) is 36.8. The lowest BCUT2D eigenvalue weighted by atomic mass is 10.1. The van der Waals surface area contributed by atoms with Gasteiger partial charge in [0, 0.05) is 71.2 Å². The van der Waals surface area contributed by atoms with Crippen molar-refractivity contribution in [3.05, 3.63) is 11.8 Å². The van der Waals surface area contributed by atoms with Gasteiger partial charge in [0.05, 0.1) is 32.3 Å². The summed E-state index contributed by atoms with van der Waals surface area (Å²) in [7, 11) is 4.08.